The van der Waals surface area contributed by atoms with E-state index in [2.05, 4.69) is 15.3 Å². The summed E-state index contributed by atoms with van der Waals surface area (Å²) in [5.74, 6) is -1.27. The van der Waals surface area contributed by atoms with Crippen LogP contribution in [0.15, 0.2) is 36.7 Å². The van der Waals surface area contributed by atoms with Gasteiger partial charge in [0.1, 0.15) is 12.2 Å². The van der Waals surface area contributed by atoms with Crippen molar-refractivity contribution in [3.63, 3.8) is 0 Å². The lowest BCUT2D eigenvalue weighted by Crippen LogP contribution is -2.38. The first kappa shape index (κ1) is 19.4. The molecule has 26 heavy (non-hydrogen) atoms. The molecule has 1 heterocycles. The van der Waals surface area contributed by atoms with Crippen molar-refractivity contribution in [2.24, 2.45) is 0 Å². The molecule has 0 bridgehead atoms. The third-order valence-corrected chi connectivity index (χ3v) is 3.51. The van der Waals surface area contributed by atoms with Crippen LogP contribution in [0.4, 0.5) is 18.9 Å². The second-order valence-corrected chi connectivity index (χ2v) is 5.45. The van der Waals surface area contributed by atoms with Crippen molar-refractivity contribution in [2.75, 3.05) is 18.4 Å². The van der Waals surface area contributed by atoms with Crippen molar-refractivity contribution in [1.29, 1.82) is 0 Å². The standard InChI is InChI=1S/C17H17F3N4O2/c1-3-24(16(26)14-9-21-11(2)8-22-14)10-15(25)23-13-7-5-4-6-12(13)17(18,19)20/h4-9H,3,10H2,1-2H3,(H,23,25). The predicted octanol–water partition coefficient (Wildman–Crippen LogP) is 2.90. The number of carbonyl (C=O) groups is 2. The molecule has 0 aliphatic carbocycles. The zero-order valence-electron chi connectivity index (χ0n) is 14.2. The summed E-state index contributed by atoms with van der Waals surface area (Å²) in [6.45, 7) is 3.14. The number of para-hydroxylation sites is 1. The largest absolute Gasteiger partial charge is 0.418 e. The lowest BCUT2D eigenvalue weighted by molar-refractivity contribution is -0.137. The van der Waals surface area contributed by atoms with E-state index in [-0.39, 0.29) is 17.9 Å². The number of carbonyl (C=O) groups excluding carboxylic acids is 2. The van der Waals surface area contributed by atoms with Crippen LogP contribution in [0, 0.1) is 6.92 Å². The third kappa shape index (κ3) is 4.78. The van der Waals surface area contributed by atoms with Crippen LogP contribution in [0.25, 0.3) is 0 Å². The van der Waals surface area contributed by atoms with Gasteiger partial charge in [0, 0.05) is 12.7 Å². The van der Waals surface area contributed by atoms with Gasteiger partial charge in [-0.1, -0.05) is 12.1 Å². The van der Waals surface area contributed by atoms with Crippen molar-refractivity contribution < 1.29 is 22.8 Å². The van der Waals surface area contributed by atoms with E-state index in [0.717, 1.165) is 12.1 Å². The number of hydrogen-bond donors (Lipinski definition) is 1. The number of anilines is 1. The van der Waals surface area contributed by atoms with Crippen LogP contribution in [0.2, 0.25) is 0 Å². The number of benzene rings is 1. The van der Waals surface area contributed by atoms with E-state index in [9.17, 15) is 22.8 Å². The lowest BCUT2D eigenvalue weighted by Gasteiger charge is -2.20. The lowest BCUT2D eigenvalue weighted by atomic mass is 10.1. The van der Waals surface area contributed by atoms with Gasteiger partial charge in [0.2, 0.25) is 5.91 Å². The Morgan fingerprint density at radius 2 is 1.85 bits per heavy atom. The minimum atomic E-state index is -4.60. The molecule has 1 aromatic carbocycles. The summed E-state index contributed by atoms with van der Waals surface area (Å²) in [5.41, 5.74) is -0.622. The fourth-order valence-corrected chi connectivity index (χ4v) is 2.19. The van der Waals surface area contributed by atoms with Gasteiger partial charge >= 0.3 is 6.18 Å². The van der Waals surface area contributed by atoms with Gasteiger partial charge in [-0.3, -0.25) is 14.6 Å². The normalized spacial score (nSPS) is 11.1. The molecule has 1 N–H and O–H groups in total. The topological polar surface area (TPSA) is 75.2 Å². The van der Waals surface area contributed by atoms with Gasteiger partial charge in [0.05, 0.1) is 23.1 Å². The molecule has 2 aromatic rings. The maximum absolute atomic E-state index is 13.0. The van der Waals surface area contributed by atoms with Crippen LogP contribution >= 0.6 is 0 Å². The maximum Gasteiger partial charge on any atom is 0.418 e. The summed E-state index contributed by atoms with van der Waals surface area (Å²) < 4.78 is 38.9. The zero-order chi connectivity index (χ0) is 19.3. The Balaban J connectivity index is 2.11. The first-order valence-electron chi connectivity index (χ1n) is 7.76. The van der Waals surface area contributed by atoms with Crippen LogP contribution in [0.5, 0.6) is 0 Å². The molecule has 0 aliphatic heterocycles. The van der Waals surface area contributed by atoms with E-state index in [1.54, 1.807) is 13.8 Å². The Morgan fingerprint density at radius 1 is 1.15 bits per heavy atom. The number of nitrogens with zero attached hydrogens (tertiary/aromatic N) is 3. The van der Waals surface area contributed by atoms with Crippen LogP contribution in [-0.4, -0.2) is 39.8 Å². The van der Waals surface area contributed by atoms with Crippen LogP contribution in [0.3, 0.4) is 0 Å². The first-order chi connectivity index (χ1) is 12.2. The number of alkyl halides is 3. The SMILES string of the molecule is CCN(CC(=O)Nc1ccccc1C(F)(F)F)C(=O)c1cnc(C)cn1. The number of likely N-dealkylation sites (N-methyl/N-ethyl adjacent to an activating group) is 1. The quantitative estimate of drug-likeness (QED) is 0.883. The van der Waals surface area contributed by atoms with Crippen molar-refractivity contribution in [2.45, 2.75) is 20.0 Å². The number of halogens is 3. The van der Waals surface area contributed by atoms with Gasteiger partial charge in [-0.25, -0.2) is 4.98 Å². The third-order valence-electron chi connectivity index (χ3n) is 3.51. The number of hydrogen-bond acceptors (Lipinski definition) is 4. The molecule has 0 saturated heterocycles. The Kier molecular flexibility index (Phi) is 5.91. The molecular formula is C17H17F3N4O2. The molecule has 0 spiro atoms. The molecule has 0 saturated carbocycles. The van der Waals surface area contributed by atoms with E-state index >= 15 is 0 Å². The van der Waals surface area contributed by atoms with E-state index < -0.39 is 30.1 Å². The van der Waals surface area contributed by atoms with Gasteiger partial charge in [-0.05, 0) is 26.0 Å². The Bertz CT molecular complexity index is 791. The van der Waals surface area contributed by atoms with Crippen molar-refractivity contribution in [3.05, 3.63) is 53.6 Å². The number of aromatic nitrogens is 2. The summed E-state index contributed by atoms with van der Waals surface area (Å²) in [5, 5.41) is 2.21. The van der Waals surface area contributed by atoms with Crippen LogP contribution in [-0.2, 0) is 11.0 Å². The molecule has 0 fully saturated rings. The predicted molar refractivity (Wildman–Crippen MR) is 88.4 cm³/mol. The van der Waals surface area contributed by atoms with Crippen molar-refractivity contribution >= 4 is 17.5 Å². The van der Waals surface area contributed by atoms with Crippen molar-refractivity contribution in [3.8, 4) is 0 Å². The van der Waals surface area contributed by atoms with E-state index in [4.69, 9.17) is 0 Å². The number of aryl methyl sites for hydroxylation is 1. The number of rotatable bonds is 5. The minimum Gasteiger partial charge on any atom is -0.328 e. The van der Waals surface area contributed by atoms with Gasteiger partial charge in [0.25, 0.3) is 5.91 Å². The fourth-order valence-electron chi connectivity index (χ4n) is 2.19. The molecule has 138 valence electrons. The fraction of sp³-hybridized carbons (Fsp3) is 0.294. The molecule has 2 amide bonds. The van der Waals surface area contributed by atoms with E-state index in [1.165, 1.54) is 29.4 Å². The molecular weight excluding hydrogens is 349 g/mol. The molecule has 0 radical (unpaired) electrons. The van der Waals surface area contributed by atoms with E-state index in [1.807, 2.05) is 0 Å². The first-order valence-corrected chi connectivity index (χ1v) is 7.76. The summed E-state index contributed by atoms with van der Waals surface area (Å²) in [6, 6.07) is 4.65. The van der Waals surface area contributed by atoms with Crippen LogP contribution in [0.1, 0.15) is 28.7 Å². The highest BCUT2D eigenvalue weighted by Gasteiger charge is 2.33. The molecule has 9 heteroatoms. The monoisotopic (exact) mass is 366 g/mol. The Labute approximate surface area is 148 Å². The molecule has 6 nitrogen and oxygen atoms in total. The Morgan fingerprint density at radius 3 is 2.42 bits per heavy atom. The smallest absolute Gasteiger partial charge is 0.328 e. The summed E-state index contributed by atoms with van der Waals surface area (Å²) >= 11 is 0. The van der Waals surface area contributed by atoms with Gasteiger partial charge in [-0.15, -0.1) is 0 Å². The molecule has 0 aliphatic rings. The molecule has 1 aromatic heterocycles. The van der Waals surface area contributed by atoms with E-state index in [0.29, 0.717) is 5.69 Å². The average molecular weight is 366 g/mol. The van der Waals surface area contributed by atoms with Crippen molar-refractivity contribution in [1.82, 2.24) is 14.9 Å². The second-order valence-electron chi connectivity index (χ2n) is 5.45. The van der Waals surface area contributed by atoms with Gasteiger partial charge in [-0.2, -0.15) is 13.2 Å². The molecule has 0 atom stereocenters. The summed E-state index contributed by atoms with van der Waals surface area (Å²) in [7, 11) is 0. The number of nitrogens with one attached hydrogen (secondary N) is 1. The average Bonchev–Trinajstić information content (AvgIpc) is 2.59. The molecule has 0 unspecified atom stereocenters. The highest BCUT2D eigenvalue weighted by molar-refractivity contribution is 5.98. The summed E-state index contributed by atoms with van der Waals surface area (Å²) in [6.07, 6.45) is -1.89. The van der Waals surface area contributed by atoms with Gasteiger partial charge in [0.15, 0.2) is 0 Å². The summed E-state index contributed by atoms with van der Waals surface area (Å²) in [4.78, 5) is 33.6. The highest BCUT2D eigenvalue weighted by atomic mass is 19.4. The molecule has 2 rings (SSSR count). The Hall–Kier alpha value is -2.97. The van der Waals surface area contributed by atoms with Crippen LogP contribution < -0.4 is 5.32 Å². The van der Waals surface area contributed by atoms with Gasteiger partial charge < -0.3 is 10.2 Å². The number of amides is 2. The zero-order valence-corrected chi connectivity index (χ0v) is 14.2. The highest BCUT2D eigenvalue weighted by Crippen LogP contribution is 2.34. The second kappa shape index (κ2) is 7.94. The maximum atomic E-state index is 13.0. The minimum absolute atomic E-state index is 0.0564.